The highest BCUT2D eigenvalue weighted by molar-refractivity contribution is 7.90. The normalized spacial score (nSPS) is 16.7. The van der Waals surface area contributed by atoms with Crippen molar-refractivity contribution in [2.45, 2.75) is 37.8 Å². The molecule has 10 nitrogen and oxygen atoms in total. The van der Waals surface area contributed by atoms with Gasteiger partial charge in [-0.2, -0.15) is 0 Å². The van der Waals surface area contributed by atoms with Gasteiger partial charge in [-0.25, -0.2) is 17.2 Å². The van der Waals surface area contributed by atoms with Crippen LogP contribution in [0, 0.1) is 0 Å². The quantitative estimate of drug-likeness (QED) is 0.265. The number of ether oxygens (including phenoxy) is 2. The second-order valence-electron chi connectivity index (χ2n) is 12.0. The number of phenolic OH excluding ortho intramolecular Hbond substituents is 1. The molecule has 2 aliphatic heterocycles. The van der Waals surface area contributed by atoms with E-state index in [2.05, 4.69) is 4.90 Å². The van der Waals surface area contributed by atoms with Crippen LogP contribution >= 0.6 is 11.6 Å². The maximum absolute atomic E-state index is 13.6. The van der Waals surface area contributed by atoms with Crippen LogP contribution in [0.25, 0.3) is 17.0 Å². The van der Waals surface area contributed by atoms with Crippen LogP contribution in [-0.2, 0) is 21.3 Å². The van der Waals surface area contributed by atoms with Crippen LogP contribution < -0.4 is 4.74 Å². The highest BCUT2D eigenvalue weighted by atomic mass is 35.5. The molecule has 4 aromatic rings. The van der Waals surface area contributed by atoms with Crippen LogP contribution in [0.2, 0.25) is 5.02 Å². The number of piperazine rings is 1. The molecule has 0 spiro atoms. The Bertz CT molecular complexity index is 1950. The number of para-hydroxylation sites is 1. The summed E-state index contributed by atoms with van der Waals surface area (Å²) in [6.07, 6.45) is 2.62. The minimum absolute atomic E-state index is 0.0111. The zero-order chi connectivity index (χ0) is 32.1. The van der Waals surface area contributed by atoms with Crippen molar-refractivity contribution in [3.63, 3.8) is 0 Å². The van der Waals surface area contributed by atoms with Gasteiger partial charge in [0.25, 0.3) is 10.0 Å². The third kappa shape index (κ3) is 6.03. The van der Waals surface area contributed by atoms with E-state index in [9.17, 15) is 23.1 Å². The van der Waals surface area contributed by atoms with E-state index in [-0.39, 0.29) is 34.0 Å². The number of halogens is 1. The summed E-state index contributed by atoms with van der Waals surface area (Å²) in [5, 5.41) is 11.8. The van der Waals surface area contributed by atoms with Gasteiger partial charge in [-0.05, 0) is 69.3 Å². The smallest absolute Gasteiger partial charge is 0.410 e. The number of hydrogen-bond donors (Lipinski definition) is 1. The van der Waals surface area contributed by atoms with Crippen molar-refractivity contribution in [2.75, 3.05) is 26.2 Å². The van der Waals surface area contributed by atoms with Gasteiger partial charge >= 0.3 is 6.09 Å². The van der Waals surface area contributed by atoms with E-state index in [0.717, 1.165) is 0 Å². The highest BCUT2D eigenvalue weighted by Gasteiger charge is 2.33. The molecule has 0 radical (unpaired) electrons. The van der Waals surface area contributed by atoms with E-state index in [4.69, 9.17) is 21.1 Å². The van der Waals surface area contributed by atoms with Crippen LogP contribution in [0.3, 0.4) is 0 Å². The fourth-order valence-corrected chi connectivity index (χ4v) is 6.94. The van der Waals surface area contributed by atoms with Gasteiger partial charge in [0.2, 0.25) is 5.78 Å². The number of aromatic hydroxyl groups is 1. The van der Waals surface area contributed by atoms with Gasteiger partial charge < -0.3 is 19.5 Å². The number of fused-ring (bicyclic) bond motifs is 2. The second-order valence-corrected chi connectivity index (χ2v) is 14.2. The molecule has 1 saturated heterocycles. The summed E-state index contributed by atoms with van der Waals surface area (Å²) in [7, 11) is -3.98. The lowest BCUT2D eigenvalue weighted by Gasteiger charge is -2.35. The molecule has 1 aromatic heterocycles. The van der Waals surface area contributed by atoms with Crippen molar-refractivity contribution in [2.24, 2.45) is 0 Å². The standard InChI is InChI=1S/C33H32ClN3O7S/c1-33(2,3)44-32(40)36-16-14-35(15-17-36)20-26-28(38)13-12-25-30(39)29(43-31(25)26)18-21-19-37(27-7-5-4-6-24(21)27)45(41,42)23-10-8-22(34)9-11-23/h4-13,18-19,38H,14-17,20H2,1-3H3. The van der Waals surface area contributed by atoms with Crippen LogP contribution in [0.15, 0.2) is 77.5 Å². The molecular weight excluding hydrogens is 618 g/mol. The molecule has 0 atom stereocenters. The molecule has 1 N–H and O–H groups in total. The van der Waals surface area contributed by atoms with Gasteiger partial charge in [-0.1, -0.05) is 29.8 Å². The fourth-order valence-electron chi connectivity index (χ4n) is 5.44. The zero-order valence-corrected chi connectivity index (χ0v) is 26.6. The topological polar surface area (TPSA) is 118 Å². The first-order valence-corrected chi connectivity index (χ1v) is 16.2. The summed E-state index contributed by atoms with van der Waals surface area (Å²) in [4.78, 5) is 29.8. The molecule has 0 unspecified atom stereocenters. The Balaban J connectivity index is 1.27. The number of phenols is 1. The number of amides is 1. The van der Waals surface area contributed by atoms with Crippen LogP contribution in [-0.4, -0.2) is 71.0 Å². The van der Waals surface area contributed by atoms with Gasteiger partial charge in [0.05, 0.1) is 21.5 Å². The first-order valence-electron chi connectivity index (χ1n) is 14.4. The monoisotopic (exact) mass is 649 g/mol. The van der Waals surface area contributed by atoms with E-state index in [1.807, 2.05) is 20.8 Å². The number of rotatable bonds is 5. The van der Waals surface area contributed by atoms with Gasteiger partial charge in [0.15, 0.2) is 5.76 Å². The molecule has 0 bridgehead atoms. The van der Waals surface area contributed by atoms with Gasteiger partial charge in [-0.3, -0.25) is 9.69 Å². The number of ketones is 1. The van der Waals surface area contributed by atoms with Crippen molar-refractivity contribution >= 4 is 50.5 Å². The molecule has 2 aliphatic rings. The second kappa shape index (κ2) is 11.6. The Morgan fingerprint density at radius 2 is 1.71 bits per heavy atom. The Morgan fingerprint density at radius 1 is 1.02 bits per heavy atom. The molecule has 45 heavy (non-hydrogen) atoms. The van der Waals surface area contributed by atoms with E-state index < -0.39 is 15.6 Å². The highest BCUT2D eigenvalue weighted by Crippen LogP contribution is 2.41. The average molecular weight is 650 g/mol. The van der Waals surface area contributed by atoms with Crippen molar-refractivity contribution in [1.82, 2.24) is 13.8 Å². The van der Waals surface area contributed by atoms with E-state index in [1.54, 1.807) is 29.2 Å². The number of nitrogens with zero attached hydrogens (tertiary/aromatic N) is 3. The SMILES string of the molecule is CC(C)(C)OC(=O)N1CCN(Cc2c(O)ccc3c2OC(=Cc2cn(S(=O)(=O)c4ccc(Cl)cc4)c4ccccc24)C3=O)CC1. The maximum atomic E-state index is 13.6. The van der Waals surface area contributed by atoms with E-state index >= 15 is 0 Å². The van der Waals surface area contributed by atoms with Crippen molar-refractivity contribution in [3.8, 4) is 11.5 Å². The molecule has 3 aromatic carbocycles. The summed E-state index contributed by atoms with van der Waals surface area (Å²) in [5.41, 5.74) is 1.09. The summed E-state index contributed by atoms with van der Waals surface area (Å²) in [6, 6.07) is 15.9. The summed E-state index contributed by atoms with van der Waals surface area (Å²) in [5.74, 6) is -0.113. The lowest BCUT2D eigenvalue weighted by Crippen LogP contribution is -2.49. The van der Waals surface area contributed by atoms with E-state index in [0.29, 0.717) is 65.3 Å². The molecule has 3 heterocycles. The van der Waals surface area contributed by atoms with Crippen molar-refractivity contribution < 1.29 is 32.6 Å². The average Bonchev–Trinajstić information content (AvgIpc) is 3.52. The van der Waals surface area contributed by atoms with Crippen LogP contribution in [0.5, 0.6) is 11.5 Å². The number of allylic oxidation sites excluding steroid dienone is 1. The van der Waals surface area contributed by atoms with Crippen LogP contribution in [0.1, 0.15) is 42.3 Å². The van der Waals surface area contributed by atoms with Crippen molar-refractivity contribution in [3.05, 3.63) is 94.3 Å². The molecule has 1 amide bonds. The lowest BCUT2D eigenvalue weighted by molar-refractivity contribution is 0.0137. The number of aromatic nitrogens is 1. The molecule has 234 valence electrons. The third-order valence-electron chi connectivity index (χ3n) is 7.69. The number of Topliss-reactive ketones (excluding diaryl/α,β-unsaturated/α-hetero) is 1. The lowest BCUT2D eigenvalue weighted by atomic mass is 10.0. The number of carbonyl (C=O) groups excluding carboxylic acids is 2. The minimum atomic E-state index is -3.98. The van der Waals surface area contributed by atoms with Gasteiger partial charge in [0, 0.05) is 54.9 Å². The first kappa shape index (κ1) is 30.7. The van der Waals surface area contributed by atoms with Crippen molar-refractivity contribution in [1.29, 1.82) is 0 Å². The largest absolute Gasteiger partial charge is 0.507 e. The minimum Gasteiger partial charge on any atom is -0.507 e. The Labute approximate surface area is 266 Å². The van der Waals surface area contributed by atoms with Gasteiger partial charge in [0.1, 0.15) is 17.1 Å². The van der Waals surface area contributed by atoms with Gasteiger partial charge in [-0.15, -0.1) is 0 Å². The zero-order valence-electron chi connectivity index (χ0n) is 25.0. The summed E-state index contributed by atoms with van der Waals surface area (Å²) < 4.78 is 39.9. The predicted octanol–water partition coefficient (Wildman–Crippen LogP) is 5.91. The number of hydrogen-bond acceptors (Lipinski definition) is 8. The molecule has 0 saturated carbocycles. The number of carbonyl (C=O) groups is 2. The molecule has 12 heteroatoms. The maximum Gasteiger partial charge on any atom is 0.410 e. The fraction of sp³-hybridized carbons (Fsp3) is 0.273. The van der Waals surface area contributed by atoms with Crippen LogP contribution in [0.4, 0.5) is 4.79 Å². The Morgan fingerprint density at radius 3 is 2.40 bits per heavy atom. The summed E-state index contributed by atoms with van der Waals surface area (Å²) >= 11 is 5.97. The summed E-state index contributed by atoms with van der Waals surface area (Å²) in [6.45, 7) is 7.77. The molecular formula is C33H32ClN3O7S. The Kier molecular flexibility index (Phi) is 7.88. The third-order valence-corrected chi connectivity index (χ3v) is 9.63. The first-order chi connectivity index (χ1) is 21.3. The molecule has 6 rings (SSSR count). The molecule has 1 fully saturated rings. The number of benzene rings is 3. The predicted molar refractivity (Wildman–Crippen MR) is 170 cm³/mol. The Hall–Kier alpha value is -4.32. The van der Waals surface area contributed by atoms with E-state index in [1.165, 1.54) is 52.6 Å². The molecule has 0 aliphatic carbocycles.